The number of amides is 1. The first-order valence-electron chi connectivity index (χ1n) is 10.3. The zero-order chi connectivity index (χ0) is 24.2. The number of anilines is 1. The number of benzene rings is 3. The van der Waals surface area contributed by atoms with E-state index in [2.05, 4.69) is 10.6 Å². The third kappa shape index (κ3) is 4.57. The normalized spacial score (nSPS) is 12.1. The maximum atomic E-state index is 12.9. The molecule has 0 unspecified atom stereocenters. The van der Waals surface area contributed by atoms with Crippen molar-refractivity contribution in [1.29, 1.82) is 0 Å². The summed E-state index contributed by atoms with van der Waals surface area (Å²) in [7, 11) is 3.08. The standard InChI is InChI=1S/C26H20N2O5S/c1-32-21-11-7-15(13-22(21)33-2)8-12-23(29)28-26(34)27-16-9-10-19-20(14-16)25(31)18-6-4-3-5-17(18)24(19)30/h3-14H,1-2H3,(H2,27,28,29,34)/b12-8+. The van der Waals surface area contributed by atoms with E-state index in [0.29, 0.717) is 33.9 Å². The van der Waals surface area contributed by atoms with Crippen LogP contribution in [0.5, 0.6) is 11.5 Å². The molecule has 1 amide bonds. The summed E-state index contributed by atoms with van der Waals surface area (Å²) in [5, 5.41) is 5.48. The summed E-state index contributed by atoms with van der Waals surface area (Å²) in [4.78, 5) is 37.9. The van der Waals surface area contributed by atoms with Gasteiger partial charge in [0.15, 0.2) is 28.2 Å². The van der Waals surface area contributed by atoms with E-state index < -0.39 is 5.91 Å². The van der Waals surface area contributed by atoms with Gasteiger partial charge in [-0.2, -0.15) is 0 Å². The van der Waals surface area contributed by atoms with Crippen LogP contribution >= 0.6 is 12.2 Å². The Hall–Kier alpha value is -4.30. The van der Waals surface area contributed by atoms with Crippen LogP contribution in [0.2, 0.25) is 0 Å². The molecule has 0 saturated heterocycles. The molecule has 0 saturated carbocycles. The fourth-order valence-electron chi connectivity index (χ4n) is 3.62. The number of ether oxygens (including phenoxy) is 2. The van der Waals surface area contributed by atoms with Gasteiger partial charge < -0.3 is 14.8 Å². The van der Waals surface area contributed by atoms with Crippen LogP contribution in [-0.4, -0.2) is 36.8 Å². The molecule has 0 radical (unpaired) electrons. The van der Waals surface area contributed by atoms with Crippen molar-refractivity contribution in [1.82, 2.24) is 5.32 Å². The molecule has 1 aliphatic rings. The van der Waals surface area contributed by atoms with Crippen LogP contribution in [0.25, 0.3) is 6.08 Å². The highest BCUT2D eigenvalue weighted by Crippen LogP contribution is 2.29. The second kappa shape index (κ2) is 9.68. The van der Waals surface area contributed by atoms with Gasteiger partial charge in [-0.15, -0.1) is 0 Å². The van der Waals surface area contributed by atoms with Crippen molar-refractivity contribution in [2.75, 3.05) is 19.5 Å². The van der Waals surface area contributed by atoms with Crippen molar-refractivity contribution in [2.45, 2.75) is 0 Å². The smallest absolute Gasteiger partial charge is 0.250 e. The minimum absolute atomic E-state index is 0.0527. The van der Waals surface area contributed by atoms with Gasteiger partial charge in [0.05, 0.1) is 14.2 Å². The molecule has 4 rings (SSSR count). The first-order valence-corrected chi connectivity index (χ1v) is 10.7. The lowest BCUT2D eigenvalue weighted by Gasteiger charge is -2.18. The molecule has 0 fully saturated rings. The third-order valence-electron chi connectivity index (χ3n) is 5.25. The van der Waals surface area contributed by atoms with Gasteiger partial charge in [0.2, 0.25) is 5.91 Å². The average Bonchev–Trinajstić information content (AvgIpc) is 2.85. The zero-order valence-corrected chi connectivity index (χ0v) is 19.2. The molecule has 0 aliphatic heterocycles. The van der Waals surface area contributed by atoms with Crippen molar-refractivity contribution in [3.05, 3.63) is 94.6 Å². The van der Waals surface area contributed by atoms with E-state index >= 15 is 0 Å². The van der Waals surface area contributed by atoms with Gasteiger partial charge in [-0.25, -0.2) is 0 Å². The first kappa shape index (κ1) is 22.9. The number of ketones is 2. The van der Waals surface area contributed by atoms with E-state index in [1.165, 1.54) is 13.2 Å². The highest BCUT2D eigenvalue weighted by Gasteiger charge is 2.29. The van der Waals surface area contributed by atoms with Gasteiger partial charge in [0.1, 0.15) is 0 Å². The van der Waals surface area contributed by atoms with Crippen LogP contribution in [0, 0.1) is 0 Å². The molecule has 2 N–H and O–H groups in total. The van der Waals surface area contributed by atoms with E-state index in [-0.39, 0.29) is 22.2 Å². The molecule has 0 aromatic heterocycles. The Bertz CT molecular complexity index is 1360. The van der Waals surface area contributed by atoms with Crippen molar-refractivity contribution in [2.24, 2.45) is 0 Å². The molecule has 0 heterocycles. The Morgan fingerprint density at radius 1 is 0.824 bits per heavy atom. The maximum Gasteiger partial charge on any atom is 0.250 e. The molecule has 7 nitrogen and oxygen atoms in total. The van der Waals surface area contributed by atoms with E-state index in [1.807, 2.05) is 0 Å². The second-order valence-electron chi connectivity index (χ2n) is 7.36. The summed E-state index contributed by atoms with van der Waals surface area (Å²) in [6, 6.07) is 16.8. The lowest BCUT2D eigenvalue weighted by Crippen LogP contribution is -2.33. The number of fused-ring (bicyclic) bond motifs is 2. The van der Waals surface area contributed by atoms with Gasteiger partial charge in [-0.05, 0) is 54.2 Å². The Morgan fingerprint density at radius 2 is 1.47 bits per heavy atom. The predicted molar refractivity (Wildman–Crippen MR) is 133 cm³/mol. The fourth-order valence-corrected chi connectivity index (χ4v) is 3.84. The summed E-state index contributed by atoms with van der Waals surface area (Å²) in [6.45, 7) is 0. The molecule has 34 heavy (non-hydrogen) atoms. The highest BCUT2D eigenvalue weighted by atomic mass is 32.1. The van der Waals surface area contributed by atoms with Gasteiger partial charge >= 0.3 is 0 Å². The number of carbonyl (C=O) groups is 3. The predicted octanol–water partition coefficient (Wildman–Crippen LogP) is 4.01. The second-order valence-corrected chi connectivity index (χ2v) is 7.76. The number of methoxy groups -OCH3 is 2. The van der Waals surface area contributed by atoms with Gasteiger partial charge in [0.25, 0.3) is 0 Å². The Morgan fingerprint density at radius 3 is 2.15 bits per heavy atom. The van der Waals surface area contributed by atoms with Gasteiger partial charge in [-0.3, -0.25) is 19.7 Å². The zero-order valence-electron chi connectivity index (χ0n) is 18.4. The summed E-state index contributed by atoms with van der Waals surface area (Å²) < 4.78 is 10.4. The van der Waals surface area contributed by atoms with E-state index in [1.54, 1.807) is 73.8 Å². The number of carbonyl (C=O) groups excluding carboxylic acids is 3. The minimum Gasteiger partial charge on any atom is -0.493 e. The Balaban J connectivity index is 1.43. The minimum atomic E-state index is -0.439. The van der Waals surface area contributed by atoms with E-state index in [9.17, 15) is 14.4 Å². The molecule has 3 aromatic rings. The number of thiocarbonyl (C=S) groups is 1. The summed E-state index contributed by atoms with van der Waals surface area (Å²) in [5.74, 6) is 0.258. The molecule has 8 heteroatoms. The molecule has 0 bridgehead atoms. The molecule has 3 aromatic carbocycles. The van der Waals surface area contributed by atoms with E-state index in [0.717, 1.165) is 5.56 Å². The van der Waals surface area contributed by atoms with Crippen molar-refractivity contribution in [3.8, 4) is 11.5 Å². The first-order chi connectivity index (χ1) is 16.4. The topological polar surface area (TPSA) is 93.7 Å². The number of hydrogen-bond donors (Lipinski definition) is 2. The lowest BCUT2D eigenvalue weighted by molar-refractivity contribution is -0.115. The molecule has 170 valence electrons. The quantitative estimate of drug-likeness (QED) is 0.335. The fraction of sp³-hybridized carbons (Fsp3) is 0.0769. The Labute approximate surface area is 201 Å². The van der Waals surface area contributed by atoms with Crippen molar-refractivity contribution < 1.29 is 23.9 Å². The van der Waals surface area contributed by atoms with Crippen LogP contribution in [0.3, 0.4) is 0 Å². The molecular weight excluding hydrogens is 452 g/mol. The lowest BCUT2D eigenvalue weighted by atomic mass is 9.84. The number of nitrogens with one attached hydrogen (secondary N) is 2. The summed E-state index contributed by atoms with van der Waals surface area (Å²) in [5.41, 5.74) is 2.61. The maximum absolute atomic E-state index is 12.9. The van der Waals surface area contributed by atoms with E-state index in [4.69, 9.17) is 21.7 Å². The molecule has 0 atom stereocenters. The summed E-state index contributed by atoms with van der Waals surface area (Å²) in [6.07, 6.45) is 2.95. The SMILES string of the molecule is COc1ccc(/C=C/C(=O)NC(=S)Nc2ccc3c(c2)C(=O)c2ccccc2C3=O)cc1OC. The molecule has 1 aliphatic carbocycles. The van der Waals surface area contributed by atoms with Crippen LogP contribution in [-0.2, 0) is 4.79 Å². The molecular formula is C26H20N2O5S. The van der Waals surface area contributed by atoms with Crippen LogP contribution in [0.15, 0.2) is 66.7 Å². The number of hydrogen-bond acceptors (Lipinski definition) is 6. The average molecular weight is 473 g/mol. The van der Waals surface area contributed by atoms with Crippen LogP contribution in [0.1, 0.15) is 37.4 Å². The van der Waals surface area contributed by atoms with Crippen LogP contribution in [0.4, 0.5) is 5.69 Å². The van der Waals surface area contributed by atoms with Gasteiger partial charge in [-0.1, -0.05) is 30.3 Å². The summed E-state index contributed by atoms with van der Waals surface area (Å²) >= 11 is 5.22. The largest absolute Gasteiger partial charge is 0.493 e. The number of rotatable bonds is 5. The monoisotopic (exact) mass is 472 g/mol. The third-order valence-corrected chi connectivity index (χ3v) is 5.46. The highest BCUT2D eigenvalue weighted by molar-refractivity contribution is 7.80. The molecule has 0 spiro atoms. The Kier molecular flexibility index (Phi) is 6.51. The van der Waals surface area contributed by atoms with Crippen molar-refractivity contribution in [3.63, 3.8) is 0 Å². The van der Waals surface area contributed by atoms with Crippen LogP contribution < -0.4 is 20.1 Å². The van der Waals surface area contributed by atoms with Crippen molar-refractivity contribution >= 4 is 46.6 Å². The van der Waals surface area contributed by atoms with Gasteiger partial charge in [0, 0.05) is 34.0 Å².